The lowest BCUT2D eigenvalue weighted by Gasteiger charge is -2.32. The maximum Gasteiger partial charge on any atom is 0.403 e. The molecule has 1 saturated carbocycles. The molecule has 1 fully saturated rings. The normalized spacial score (nSPS) is 31.1. The van der Waals surface area contributed by atoms with Crippen molar-refractivity contribution in [3.05, 3.63) is 0 Å². The summed E-state index contributed by atoms with van der Waals surface area (Å²) in [6.45, 7) is 3.61. The van der Waals surface area contributed by atoms with Gasteiger partial charge in [0.15, 0.2) is 5.92 Å². The van der Waals surface area contributed by atoms with E-state index in [1.54, 1.807) is 0 Å². The lowest BCUT2D eigenvalue weighted by Crippen LogP contribution is -2.44. The third kappa shape index (κ3) is 4.48. The van der Waals surface area contributed by atoms with Gasteiger partial charge in [-0.25, -0.2) is 0 Å². The number of alkyl halides is 3. The number of hydrogen-bond acceptors (Lipinski definition) is 2. The molecule has 1 rings (SSSR count). The van der Waals surface area contributed by atoms with Gasteiger partial charge in [-0.2, -0.15) is 13.2 Å². The Kier molecular flexibility index (Phi) is 5.01. The van der Waals surface area contributed by atoms with Crippen molar-refractivity contribution in [3.8, 4) is 0 Å². The molecule has 0 saturated heterocycles. The second-order valence-electron chi connectivity index (χ2n) is 5.46. The van der Waals surface area contributed by atoms with E-state index in [1.807, 2.05) is 0 Å². The van der Waals surface area contributed by atoms with Crippen LogP contribution in [-0.2, 0) is 4.79 Å². The van der Waals surface area contributed by atoms with Gasteiger partial charge in [0, 0.05) is 12.6 Å². The van der Waals surface area contributed by atoms with Gasteiger partial charge in [-0.3, -0.25) is 4.79 Å². The monoisotopic (exact) mass is 267 g/mol. The molecule has 3 nitrogen and oxygen atoms in total. The number of carbonyl (C=O) groups is 1. The summed E-state index contributed by atoms with van der Waals surface area (Å²) in [5.74, 6) is -3.18. The Morgan fingerprint density at radius 2 is 1.78 bits per heavy atom. The van der Waals surface area contributed by atoms with E-state index in [9.17, 15) is 18.0 Å². The van der Waals surface area contributed by atoms with Crippen LogP contribution in [0.1, 0.15) is 33.1 Å². The van der Waals surface area contributed by atoms with Crippen molar-refractivity contribution in [1.82, 2.24) is 5.32 Å². The van der Waals surface area contributed by atoms with Crippen LogP contribution in [0.5, 0.6) is 0 Å². The number of aliphatic carboxylic acids is 1. The minimum absolute atomic E-state index is 0.00653. The van der Waals surface area contributed by atoms with Crippen LogP contribution in [0.4, 0.5) is 13.2 Å². The topological polar surface area (TPSA) is 49.3 Å². The number of hydrogen-bond donors (Lipinski definition) is 2. The summed E-state index contributed by atoms with van der Waals surface area (Å²) in [6, 6.07) is -0.00653. The number of rotatable bonds is 4. The highest BCUT2D eigenvalue weighted by Crippen LogP contribution is 2.30. The van der Waals surface area contributed by atoms with Gasteiger partial charge >= 0.3 is 12.1 Å². The largest absolute Gasteiger partial charge is 0.481 e. The number of carboxylic acids is 1. The summed E-state index contributed by atoms with van der Waals surface area (Å²) >= 11 is 0. The zero-order valence-corrected chi connectivity index (χ0v) is 10.6. The van der Waals surface area contributed by atoms with Gasteiger partial charge in [0.25, 0.3) is 0 Å². The quantitative estimate of drug-likeness (QED) is 0.823. The Hall–Kier alpha value is -0.780. The van der Waals surface area contributed by atoms with E-state index in [0.717, 1.165) is 19.3 Å². The molecule has 0 bridgehead atoms. The molecule has 0 aromatic carbocycles. The van der Waals surface area contributed by atoms with Crippen molar-refractivity contribution in [2.45, 2.75) is 45.3 Å². The minimum Gasteiger partial charge on any atom is -0.481 e. The molecule has 1 aliphatic carbocycles. The van der Waals surface area contributed by atoms with Gasteiger partial charge in [0.2, 0.25) is 0 Å². The molecule has 0 aromatic rings. The molecule has 6 heteroatoms. The summed E-state index contributed by atoms with van der Waals surface area (Å²) in [7, 11) is 0. The number of carboxylic acid groups (broad SMARTS) is 1. The Balaban J connectivity index is 2.50. The first kappa shape index (κ1) is 15.3. The fourth-order valence-electron chi connectivity index (χ4n) is 2.74. The van der Waals surface area contributed by atoms with Gasteiger partial charge in [-0.1, -0.05) is 13.8 Å². The third-order valence-corrected chi connectivity index (χ3v) is 3.48. The van der Waals surface area contributed by atoms with Crippen LogP contribution in [0, 0.1) is 17.8 Å². The molecule has 0 amide bonds. The second kappa shape index (κ2) is 5.91. The fraction of sp³-hybridized carbons (Fsp3) is 0.917. The van der Waals surface area contributed by atoms with E-state index in [0.29, 0.717) is 11.8 Å². The highest BCUT2D eigenvalue weighted by Gasteiger charge is 2.45. The lowest BCUT2D eigenvalue weighted by molar-refractivity contribution is -0.192. The van der Waals surface area contributed by atoms with E-state index in [2.05, 4.69) is 19.2 Å². The van der Waals surface area contributed by atoms with Crippen molar-refractivity contribution >= 4 is 5.97 Å². The van der Waals surface area contributed by atoms with Crippen LogP contribution in [-0.4, -0.2) is 29.8 Å². The van der Waals surface area contributed by atoms with Gasteiger partial charge in [0.05, 0.1) is 0 Å². The van der Waals surface area contributed by atoms with E-state index in [1.165, 1.54) is 0 Å². The Labute approximate surface area is 105 Å². The predicted molar refractivity (Wildman–Crippen MR) is 61.2 cm³/mol. The summed E-state index contributed by atoms with van der Waals surface area (Å²) in [5, 5.41) is 11.4. The smallest absolute Gasteiger partial charge is 0.403 e. The molecule has 0 heterocycles. The van der Waals surface area contributed by atoms with E-state index in [4.69, 9.17) is 5.11 Å². The molecular weight excluding hydrogens is 247 g/mol. The number of nitrogens with one attached hydrogen (secondary N) is 1. The molecule has 0 aromatic heterocycles. The van der Waals surface area contributed by atoms with Crippen LogP contribution in [0.15, 0.2) is 0 Å². The first-order valence-corrected chi connectivity index (χ1v) is 6.23. The van der Waals surface area contributed by atoms with Crippen LogP contribution in [0.25, 0.3) is 0 Å². The van der Waals surface area contributed by atoms with Crippen molar-refractivity contribution in [1.29, 1.82) is 0 Å². The third-order valence-electron chi connectivity index (χ3n) is 3.48. The standard InChI is InChI=1S/C12H20F3NO2/c1-7-3-8(2)5-9(4-7)16-6-10(11(17)18)12(13,14)15/h7-10,16H,3-6H2,1-2H3,(H,17,18). The van der Waals surface area contributed by atoms with E-state index >= 15 is 0 Å². The number of halogens is 3. The highest BCUT2D eigenvalue weighted by atomic mass is 19.4. The molecule has 106 valence electrons. The van der Waals surface area contributed by atoms with Gasteiger partial charge in [-0.15, -0.1) is 0 Å². The Bertz CT molecular complexity index is 284. The molecule has 3 unspecified atom stereocenters. The molecule has 3 atom stereocenters. The second-order valence-corrected chi connectivity index (χ2v) is 5.46. The lowest BCUT2D eigenvalue weighted by atomic mass is 9.80. The summed E-state index contributed by atoms with van der Waals surface area (Å²) in [5.41, 5.74) is 0. The first-order chi connectivity index (χ1) is 8.20. The Morgan fingerprint density at radius 3 is 2.17 bits per heavy atom. The zero-order valence-electron chi connectivity index (χ0n) is 10.6. The van der Waals surface area contributed by atoms with Crippen molar-refractivity contribution in [2.24, 2.45) is 17.8 Å². The van der Waals surface area contributed by atoms with Crippen molar-refractivity contribution in [3.63, 3.8) is 0 Å². The SMILES string of the molecule is CC1CC(C)CC(NCC(C(=O)O)C(F)(F)F)C1. The average Bonchev–Trinajstić information content (AvgIpc) is 2.12. The molecule has 1 aliphatic rings. The minimum atomic E-state index is -4.69. The predicted octanol–water partition coefficient (Wildman–Crippen LogP) is 2.66. The Morgan fingerprint density at radius 1 is 1.28 bits per heavy atom. The highest BCUT2D eigenvalue weighted by molar-refractivity contribution is 5.71. The average molecular weight is 267 g/mol. The summed E-state index contributed by atoms with van der Waals surface area (Å²) < 4.78 is 37.4. The van der Waals surface area contributed by atoms with Gasteiger partial charge < -0.3 is 10.4 Å². The van der Waals surface area contributed by atoms with Crippen LogP contribution >= 0.6 is 0 Å². The van der Waals surface area contributed by atoms with E-state index < -0.39 is 24.6 Å². The molecule has 0 radical (unpaired) electrons. The van der Waals surface area contributed by atoms with Gasteiger partial charge in [0.1, 0.15) is 0 Å². The van der Waals surface area contributed by atoms with Crippen LogP contribution in [0.2, 0.25) is 0 Å². The molecule has 0 aliphatic heterocycles. The fourth-order valence-corrected chi connectivity index (χ4v) is 2.74. The van der Waals surface area contributed by atoms with Crippen LogP contribution in [0.3, 0.4) is 0 Å². The van der Waals surface area contributed by atoms with Crippen LogP contribution < -0.4 is 5.32 Å². The van der Waals surface area contributed by atoms with E-state index in [-0.39, 0.29) is 6.04 Å². The van der Waals surface area contributed by atoms with Crippen molar-refractivity contribution < 1.29 is 23.1 Å². The molecule has 18 heavy (non-hydrogen) atoms. The zero-order chi connectivity index (χ0) is 13.9. The maximum absolute atomic E-state index is 12.5. The van der Waals surface area contributed by atoms with Gasteiger partial charge in [-0.05, 0) is 31.1 Å². The first-order valence-electron chi connectivity index (χ1n) is 6.23. The molecule has 0 spiro atoms. The summed E-state index contributed by atoms with van der Waals surface area (Å²) in [4.78, 5) is 10.6. The molecular formula is C12H20F3NO2. The van der Waals surface area contributed by atoms with Crippen molar-refractivity contribution in [2.75, 3.05) is 6.54 Å². The molecule has 2 N–H and O–H groups in total. The maximum atomic E-state index is 12.5. The summed E-state index contributed by atoms with van der Waals surface area (Å²) in [6.07, 6.45) is -1.98.